The van der Waals surface area contributed by atoms with Crippen molar-refractivity contribution in [2.45, 2.75) is 69.9 Å². The van der Waals surface area contributed by atoms with Crippen molar-refractivity contribution in [3.8, 4) is 0 Å². The van der Waals surface area contributed by atoms with Crippen LogP contribution in [-0.2, 0) is 9.47 Å². The largest absolute Gasteiger partial charge is 0.382 e. The minimum atomic E-state index is -0.216. The number of carbonyl (C=O) groups is 1. The number of nitrogens with two attached hydrogens (primary N) is 1. The average molecular weight is 312 g/mol. The number of methoxy groups -OCH3 is 1. The van der Waals surface area contributed by atoms with Gasteiger partial charge in [-0.2, -0.15) is 0 Å². The smallest absolute Gasteiger partial charge is 0.315 e. The van der Waals surface area contributed by atoms with E-state index in [4.69, 9.17) is 15.2 Å². The van der Waals surface area contributed by atoms with Crippen molar-refractivity contribution in [3.05, 3.63) is 0 Å². The Balaban J connectivity index is 1.76. The summed E-state index contributed by atoms with van der Waals surface area (Å²) in [5.41, 5.74) is 5.69. The first-order chi connectivity index (χ1) is 10.7. The first kappa shape index (κ1) is 17.5. The standard InChI is InChI=1S/C17H32N2O3/c1-21-11-12-22-13-14-7-9-16(10-8-14)19(17(18)20)15-5-3-2-4-6-15/h14-16H,2-13H2,1H3,(H2,18,20)/t14-,16-. The van der Waals surface area contributed by atoms with Crippen LogP contribution in [0.15, 0.2) is 0 Å². The van der Waals surface area contributed by atoms with Gasteiger partial charge in [-0.05, 0) is 44.4 Å². The Morgan fingerprint density at radius 2 is 1.64 bits per heavy atom. The number of ether oxygens (including phenoxy) is 2. The van der Waals surface area contributed by atoms with Gasteiger partial charge in [0.2, 0.25) is 0 Å². The van der Waals surface area contributed by atoms with E-state index in [1.165, 1.54) is 19.3 Å². The monoisotopic (exact) mass is 312 g/mol. The molecule has 0 unspecified atom stereocenters. The zero-order valence-corrected chi connectivity index (χ0v) is 14.0. The van der Waals surface area contributed by atoms with Gasteiger partial charge in [0.1, 0.15) is 0 Å². The Morgan fingerprint density at radius 3 is 2.23 bits per heavy atom. The van der Waals surface area contributed by atoms with E-state index in [0.29, 0.717) is 31.2 Å². The molecule has 5 heteroatoms. The Kier molecular flexibility index (Phi) is 7.46. The summed E-state index contributed by atoms with van der Waals surface area (Å²) < 4.78 is 10.6. The quantitative estimate of drug-likeness (QED) is 0.735. The SMILES string of the molecule is COCCOC[C@H]1CC[C@H](N(C(N)=O)C2CCCCC2)CC1. The topological polar surface area (TPSA) is 64.8 Å². The van der Waals surface area contributed by atoms with Crippen LogP contribution in [0.3, 0.4) is 0 Å². The van der Waals surface area contributed by atoms with Gasteiger partial charge in [0, 0.05) is 25.8 Å². The molecule has 2 N–H and O–H groups in total. The fourth-order valence-electron chi connectivity index (χ4n) is 4.00. The summed E-state index contributed by atoms with van der Waals surface area (Å²) in [4.78, 5) is 13.9. The second-order valence-corrected chi connectivity index (χ2v) is 6.78. The minimum Gasteiger partial charge on any atom is -0.382 e. The van der Waals surface area contributed by atoms with E-state index >= 15 is 0 Å². The van der Waals surface area contributed by atoms with Crippen molar-refractivity contribution in [3.63, 3.8) is 0 Å². The highest BCUT2D eigenvalue weighted by atomic mass is 16.5. The van der Waals surface area contributed by atoms with Gasteiger partial charge in [-0.1, -0.05) is 19.3 Å². The minimum absolute atomic E-state index is 0.216. The lowest BCUT2D eigenvalue weighted by Crippen LogP contribution is -2.51. The third-order valence-electron chi connectivity index (χ3n) is 5.22. The van der Waals surface area contributed by atoms with Gasteiger partial charge in [0.15, 0.2) is 0 Å². The van der Waals surface area contributed by atoms with E-state index in [1.54, 1.807) is 7.11 Å². The highest BCUT2D eigenvalue weighted by Crippen LogP contribution is 2.32. The first-order valence-corrected chi connectivity index (χ1v) is 8.86. The summed E-state index contributed by atoms with van der Waals surface area (Å²) in [5, 5.41) is 0. The molecule has 0 aliphatic heterocycles. The van der Waals surface area contributed by atoms with Gasteiger partial charge >= 0.3 is 6.03 Å². The normalized spacial score (nSPS) is 26.8. The number of amides is 2. The number of primary amides is 1. The molecule has 2 fully saturated rings. The molecule has 0 heterocycles. The summed E-state index contributed by atoms with van der Waals surface area (Å²) in [6.07, 6.45) is 10.4. The molecule has 2 saturated carbocycles. The number of hydrogen-bond acceptors (Lipinski definition) is 3. The Hall–Kier alpha value is -0.810. The van der Waals surface area contributed by atoms with Crippen LogP contribution in [0, 0.1) is 5.92 Å². The number of urea groups is 1. The third kappa shape index (κ3) is 5.13. The number of nitrogens with zero attached hydrogens (tertiary/aromatic N) is 1. The second-order valence-electron chi connectivity index (χ2n) is 6.78. The predicted octanol–water partition coefficient (Wildman–Crippen LogP) is 2.92. The number of carbonyl (C=O) groups excluding carboxylic acids is 1. The third-order valence-corrected chi connectivity index (χ3v) is 5.22. The van der Waals surface area contributed by atoms with E-state index in [0.717, 1.165) is 45.1 Å². The summed E-state index contributed by atoms with van der Waals surface area (Å²) >= 11 is 0. The van der Waals surface area contributed by atoms with Gasteiger partial charge in [-0.25, -0.2) is 4.79 Å². The van der Waals surface area contributed by atoms with Crippen LogP contribution < -0.4 is 5.73 Å². The van der Waals surface area contributed by atoms with Crippen LogP contribution in [0.4, 0.5) is 4.79 Å². The molecule has 22 heavy (non-hydrogen) atoms. The maximum Gasteiger partial charge on any atom is 0.315 e. The molecule has 2 rings (SSSR count). The molecule has 0 aromatic carbocycles. The molecule has 0 radical (unpaired) electrons. The van der Waals surface area contributed by atoms with Crippen molar-refractivity contribution in [1.82, 2.24) is 4.90 Å². The lowest BCUT2D eigenvalue weighted by atomic mass is 9.84. The lowest BCUT2D eigenvalue weighted by Gasteiger charge is -2.42. The van der Waals surface area contributed by atoms with E-state index in [9.17, 15) is 4.79 Å². The van der Waals surface area contributed by atoms with Crippen LogP contribution in [-0.4, -0.2) is 49.9 Å². The molecule has 0 bridgehead atoms. The second kappa shape index (κ2) is 9.36. The van der Waals surface area contributed by atoms with E-state index in [-0.39, 0.29) is 6.03 Å². The van der Waals surface area contributed by atoms with Crippen LogP contribution in [0.5, 0.6) is 0 Å². The molecule has 5 nitrogen and oxygen atoms in total. The molecule has 0 spiro atoms. The Morgan fingerprint density at radius 1 is 1.00 bits per heavy atom. The van der Waals surface area contributed by atoms with Crippen molar-refractivity contribution < 1.29 is 14.3 Å². The molecule has 2 aliphatic rings. The molecule has 0 aromatic heterocycles. The predicted molar refractivity (Wildman–Crippen MR) is 86.7 cm³/mol. The zero-order valence-electron chi connectivity index (χ0n) is 14.0. The summed E-state index contributed by atoms with van der Waals surface area (Å²) in [6, 6.07) is 0.508. The summed E-state index contributed by atoms with van der Waals surface area (Å²) in [5.74, 6) is 0.620. The molecule has 128 valence electrons. The van der Waals surface area contributed by atoms with Gasteiger partial charge in [-0.3, -0.25) is 0 Å². The van der Waals surface area contributed by atoms with Crippen molar-refractivity contribution >= 4 is 6.03 Å². The highest BCUT2D eigenvalue weighted by molar-refractivity contribution is 5.72. The van der Waals surface area contributed by atoms with Crippen LogP contribution >= 0.6 is 0 Å². The van der Waals surface area contributed by atoms with Crippen molar-refractivity contribution in [2.24, 2.45) is 11.7 Å². The van der Waals surface area contributed by atoms with Crippen molar-refractivity contribution in [1.29, 1.82) is 0 Å². The van der Waals surface area contributed by atoms with Crippen molar-refractivity contribution in [2.75, 3.05) is 26.9 Å². The average Bonchev–Trinajstić information content (AvgIpc) is 2.54. The van der Waals surface area contributed by atoms with E-state index in [1.807, 2.05) is 4.90 Å². The molecule has 2 aliphatic carbocycles. The number of hydrogen-bond donors (Lipinski definition) is 1. The van der Waals surface area contributed by atoms with Gasteiger partial charge in [-0.15, -0.1) is 0 Å². The molecule has 0 atom stereocenters. The maximum atomic E-state index is 11.9. The molecule has 0 saturated heterocycles. The van der Waals surface area contributed by atoms with Crippen LogP contribution in [0.2, 0.25) is 0 Å². The zero-order chi connectivity index (χ0) is 15.8. The summed E-state index contributed by atoms with van der Waals surface area (Å²) in [7, 11) is 1.69. The summed E-state index contributed by atoms with van der Waals surface area (Å²) in [6.45, 7) is 2.15. The van der Waals surface area contributed by atoms with Crippen LogP contribution in [0.25, 0.3) is 0 Å². The van der Waals surface area contributed by atoms with E-state index < -0.39 is 0 Å². The molecular formula is C17H32N2O3. The van der Waals surface area contributed by atoms with Gasteiger partial charge in [0.05, 0.1) is 13.2 Å². The first-order valence-electron chi connectivity index (χ1n) is 8.86. The number of rotatable bonds is 7. The fraction of sp³-hybridized carbons (Fsp3) is 0.941. The fourth-order valence-corrected chi connectivity index (χ4v) is 4.00. The van der Waals surface area contributed by atoms with Crippen LogP contribution in [0.1, 0.15) is 57.8 Å². The lowest BCUT2D eigenvalue weighted by molar-refractivity contribution is 0.0326. The Labute approximate surface area is 134 Å². The molecular weight excluding hydrogens is 280 g/mol. The Bertz CT molecular complexity index is 324. The van der Waals surface area contributed by atoms with Gasteiger partial charge < -0.3 is 20.1 Å². The maximum absolute atomic E-state index is 11.9. The molecule has 2 amide bonds. The molecule has 0 aromatic rings. The van der Waals surface area contributed by atoms with E-state index in [2.05, 4.69) is 0 Å². The highest BCUT2D eigenvalue weighted by Gasteiger charge is 2.33. The van der Waals surface area contributed by atoms with Gasteiger partial charge in [0.25, 0.3) is 0 Å².